The Morgan fingerprint density at radius 3 is 1.19 bits per heavy atom. The van der Waals surface area contributed by atoms with E-state index in [-0.39, 0.29) is 0 Å². The third-order valence-electron chi connectivity index (χ3n) is 11.9. The summed E-state index contributed by atoms with van der Waals surface area (Å²) in [6.07, 6.45) is 0. The number of aromatic nitrogens is 5. The lowest BCUT2D eigenvalue weighted by Crippen LogP contribution is -2.02. The number of hydrogen-bond acceptors (Lipinski definition) is 3. The van der Waals surface area contributed by atoms with Crippen molar-refractivity contribution in [3.8, 4) is 67.8 Å². The van der Waals surface area contributed by atoms with Gasteiger partial charge in [0.1, 0.15) is 11.6 Å². The minimum absolute atomic E-state index is 0.690. The summed E-state index contributed by atoms with van der Waals surface area (Å²) in [5.74, 6) is 2.40. The van der Waals surface area contributed by atoms with E-state index in [0.717, 1.165) is 89.4 Å². The fourth-order valence-corrected chi connectivity index (χ4v) is 9.01. The van der Waals surface area contributed by atoms with Gasteiger partial charge in [-0.15, -0.1) is 0 Å². The smallest absolute Gasteiger partial charge is 0.162 e. The fourth-order valence-electron chi connectivity index (χ4n) is 9.01. The summed E-state index contributed by atoms with van der Waals surface area (Å²) in [5, 5.41) is 4.69. The van der Waals surface area contributed by atoms with Crippen LogP contribution in [0.2, 0.25) is 0 Å². The van der Waals surface area contributed by atoms with E-state index in [1.807, 2.05) is 30.3 Å². The molecule has 0 amide bonds. The van der Waals surface area contributed by atoms with Crippen LogP contribution in [0.25, 0.3) is 111 Å². The molecule has 0 radical (unpaired) electrons. The second-order valence-corrected chi connectivity index (χ2v) is 15.7. The highest BCUT2D eigenvalue weighted by Gasteiger charge is 2.19. The molecule has 0 saturated heterocycles. The van der Waals surface area contributed by atoms with Gasteiger partial charge in [0.15, 0.2) is 5.82 Å². The Morgan fingerprint density at radius 2 is 0.661 bits per heavy atom. The zero-order valence-corrected chi connectivity index (χ0v) is 33.6. The zero-order valence-electron chi connectivity index (χ0n) is 33.6. The van der Waals surface area contributed by atoms with E-state index >= 15 is 0 Å². The average Bonchev–Trinajstić information content (AvgIpc) is 3.87. The Bertz CT molecular complexity index is 3250. The molecule has 0 saturated carbocycles. The van der Waals surface area contributed by atoms with Crippen molar-refractivity contribution in [2.75, 3.05) is 0 Å². The molecule has 5 heteroatoms. The monoisotopic (exact) mass is 791 g/mol. The Morgan fingerprint density at radius 1 is 0.242 bits per heavy atom. The summed E-state index contributed by atoms with van der Waals surface area (Å²) in [5.41, 5.74) is 13.9. The van der Waals surface area contributed by atoms with E-state index in [1.165, 1.54) is 16.2 Å². The third kappa shape index (κ3) is 6.06. The first-order chi connectivity index (χ1) is 30.7. The van der Waals surface area contributed by atoms with Crippen LogP contribution in [0.4, 0.5) is 0 Å². The summed E-state index contributed by atoms with van der Waals surface area (Å²) >= 11 is 0. The van der Waals surface area contributed by atoms with Crippen LogP contribution in [0.5, 0.6) is 0 Å². The van der Waals surface area contributed by atoms with Crippen molar-refractivity contribution in [3.63, 3.8) is 0 Å². The number of para-hydroxylation sites is 2. The van der Waals surface area contributed by atoms with Gasteiger partial charge in [0, 0.05) is 44.3 Å². The maximum atomic E-state index is 5.34. The third-order valence-corrected chi connectivity index (χ3v) is 11.9. The Balaban J connectivity index is 1.02. The van der Waals surface area contributed by atoms with Gasteiger partial charge < -0.3 is 0 Å². The lowest BCUT2D eigenvalue weighted by Gasteiger charge is -2.13. The van der Waals surface area contributed by atoms with Crippen LogP contribution in [0.3, 0.4) is 0 Å². The predicted octanol–water partition coefficient (Wildman–Crippen LogP) is 14.4. The topological polar surface area (TPSA) is 48.5 Å². The van der Waals surface area contributed by atoms with Crippen LogP contribution >= 0.6 is 0 Å². The van der Waals surface area contributed by atoms with Crippen LogP contribution in [0, 0.1) is 0 Å². The molecule has 12 aromatic rings. The summed E-state index contributed by atoms with van der Waals surface area (Å²) in [6.45, 7) is 0. The largest absolute Gasteiger partial charge is 0.294 e. The average molecular weight is 792 g/mol. The lowest BCUT2D eigenvalue weighted by molar-refractivity contribution is 1.05. The van der Waals surface area contributed by atoms with Gasteiger partial charge in [-0.2, -0.15) is 0 Å². The number of nitrogens with zero attached hydrogens (tertiary/aromatic N) is 5. The highest BCUT2D eigenvalue weighted by Crippen LogP contribution is 2.39. The van der Waals surface area contributed by atoms with Crippen molar-refractivity contribution in [2.45, 2.75) is 0 Å². The van der Waals surface area contributed by atoms with Gasteiger partial charge in [-0.25, -0.2) is 15.0 Å². The molecule has 0 unspecified atom stereocenters. The maximum Gasteiger partial charge on any atom is 0.162 e. The molecule has 12 rings (SSSR count). The maximum absolute atomic E-state index is 5.34. The Kier molecular flexibility index (Phi) is 8.42. The molecule has 0 bridgehead atoms. The van der Waals surface area contributed by atoms with Gasteiger partial charge in [-0.1, -0.05) is 170 Å². The molecule has 290 valence electrons. The van der Waals surface area contributed by atoms with Crippen LogP contribution in [-0.2, 0) is 0 Å². The SMILES string of the molecule is c1ccc(-c2cc(-c3ccccc3)nc(-n3c4ccccc4c4cc(-c5ccc6c(c5)c5ccccc5n6-c5cc(-c6ccccc6)nc(-c6ccccc6)n5)ccc43)c2)cc1. The van der Waals surface area contributed by atoms with E-state index < -0.39 is 0 Å². The molecule has 0 N–H and O–H groups in total. The second-order valence-electron chi connectivity index (χ2n) is 15.7. The molecular weight excluding hydrogens is 755 g/mol. The summed E-state index contributed by atoms with van der Waals surface area (Å²) in [4.78, 5) is 15.6. The van der Waals surface area contributed by atoms with Crippen LogP contribution in [-0.4, -0.2) is 24.1 Å². The number of fused-ring (bicyclic) bond motifs is 6. The number of pyridine rings is 1. The molecule has 4 aromatic heterocycles. The molecule has 0 aliphatic carbocycles. The zero-order chi connectivity index (χ0) is 41.0. The van der Waals surface area contributed by atoms with E-state index in [2.05, 4.69) is 203 Å². The Labute approximate surface area is 358 Å². The van der Waals surface area contributed by atoms with Crippen molar-refractivity contribution in [1.29, 1.82) is 0 Å². The molecule has 62 heavy (non-hydrogen) atoms. The highest BCUT2D eigenvalue weighted by molar-refractivity contribution is 6.12. The molecule has 0 aliphatic rings. The van der Waals surface area contributed by atoms with Gasteiger partial charge in [-0.05, 0) is 70.8 Å². The second kappa shape index (κ2) is 14.7. The van der Waals surface area contributed by atoms with Crippen LogP contribution in [0.15, 0.2) is 224 Å². The van der Waals surface area contributed by atoms with Gasteiger partial charge >= 0.3 is 0 Å². The number of rotatable bonds is 7. The van der Waals surface area contributed by atoms with Crippen LogP contribution in [0.1, 0.15) is 0 Å². The molecule has 0 atom stereocenters. The van der Waals surface area contributed by atoms with Gasteiger partial charge in [0.25, 0.3) is 0 Å². The minimum atomic E-state index is 0.690. The summed E-state index contributed by atoms with van der Waals surface area (Å²) in [6, 6.07) is 79.1. The van der Waals surface area contributed by atoms with Gasteiger partial charge in [0.05, 0.1) is 33.5 Å². The minimum Gasteiger partial charge on any atom is -0.294 e. The highest BCUT2D eigenvalue weighted by atomic mass is 15.1. The summed E-state index contributed by atoms with van der Waals surface area (Å²) < 4.78 is 4.60. The lowest BCUT2D eigenvalue weighted by atomic mass is 10.0. The van der Waals surface area contributed by atoms with Gasteiger partial charge in [0.2, 0.25) is 0 Å². The predicted molar refractivity (Wildman–Crippen MR) is 256 cm³/mol. The first-order valence-corrected chi connectivity index (χ1v) is 20.9. The molecule has 4 heterocycles. The molecular formula is C57H37N5. The first kappa shape index (κ1) is 35.5. The molecule has 8 aromatic carbocycles. The molecule has 0 spiro atoms. The van der Waals surface area contributed by atoms with E-state index in [1.54, 1.807) is 0 Å². The fraction of sp³-hybridized carbons (Fsp3) is 0. The van der Waals surface area contributed by atoms with E-state index in [0.29, 0.717) is 5.82 Å². The normalized spacial score (nSPS) is 11.5. The first-order valence-electron chi connectivity index (χ1n) is 20.9. The van der Waals surface area contributed by atoms with Crippen LogP contribution < -0.4 is 0 Å². The standard InChI is InChI=1S/C57H37N5/c1-5-17-38(18-6-1)44-35-49(39-19-7-2-8-20-39)58-55(36-44)61-51-27-15-13-25-45(51)47-33-42(29-31-53(47)61)43-30-32-54-48(34-43)46-26-14-16-28-52(46)62(54)56-37-50(40-21-9-3-10-22-40)59-57(60-56)41-23-11-4-12-24-41/h1-37H. The Hall–Kier alpha value is -8.41. The van der Waals surface area contributed by atoms with E-state index in [9.17, 15) is 0 Å². The quantitative estimate of drug-likeness (QED) is 0.162. The molecule has 0 aliphatic heterocycles. The molecule has 5 nitrogen and oxygen atoms in total. The van der Waals surface area contributed by atoms with Crippen molar-refractivity contribution in [1.82, 2.24) is 24.1 Å². The van der Waals surface area contributed by atoms with Crippen molar-refractivity contribution in [2.24, 2.45) is 0 Å². The number of hydrogen-bond donors (Lipinski definition) is 0. The number of benzene rings is 8. The van der Waals surface area contributed by atoms with E-state index in [4.69, 9.17) is 15.0 Å². The van der Waals surface area contributed by atoms with Gasteiger partial charge in [-0.3, -0.25) is 9.13 Å². The van der Waals surface area contributed by atoms with Crippen molar-refractivity contribution in [3.05, 3.63) is 224 Å². The van der Waals surface area contributed by atoms with Crippen molar-refractivity contribution < 1.29 is 0 Å². The summed E-state index contributed by atoms with van der Waals surface area (Å²) in [7, 11) is 0. The molecule has 0 fully saturated rings. The van der Waals surface area contributed by atoms with Crippen molar-refractivity contribution >= 4 is 43.6 Å².